The molecule has 60 valence electrons. The minimum absolute atomic E-state index is 0.477. The van der Waals surface area contributed by atoms with Gasteiger partial charge in [-0.3, -0.25) is 4.79 Å². The molecule has 0 heterocycles. The number of rotatable bonds is 1. The summed E-state index contributed by atoms with van der Waals surface area (Å²) in [5.41, 5.74) is 3.07. The first kappa shape index (κ1) is 10.5. The molecule has 0 atom stereocenters. The van der Waals surface area contributed by atoms with Crippen molar-refractivity contribution < 1.29 is 4.79 Å². The lowest BCUT2D eigenvalue weighted by Crippen LogP contribution is -2.16. The highest BCUT2D eigenvalue weighted by molar-refractivity contribution is 6.83. The number of halogens is 1. The first-order valence-electron chi connectivity index (χ1n) is 3.30. The molecule has 0 aromatic heterocycles. The lowest BCUT2D eigenvalue weighted by atomic mass is 10.5. The number of hydrogen-bond donors (Lipinski definition) is 0. The second kappa shape index (κ2) is 4.37. The quantitative estimate of drug-likeness (QED) is 0.266. The van der Waals surface area contributed by atoms with Crippen LogP contribution in [0.1, 0.15) is 0 Å². The summed E-state index contributed by atoms with van der Waals surface area (Å²) in [7, 11) is -1.30. The molecule has 0 aliphatic carbocycles. The number of carbonyl (C=O) groups excluding carboxylic acids is 1. The second-order valence-corrected chi connectivity index (χ2v) is 8.28. The highest BCUT2D eigenvalue weighted by Crippen LogP contribution is 1.95. The Balaban J connectivity index is 4.02. The average molecular weight is 187 g/mol. The molecule has 0 aliphatic heterocycles. The molecule has 0 spiro atoms. The van der Waals surface area contributed by atoms with Crippen LogP contribution in [0, 0.1) is 11.5 Å². The van der Waals surface area contributed by atoms with E-state index in [0.29, 0.717) is 0 Å². The maximum Gasteiger partial charge on any atom is 0.245 e. The topological polar surface area (TPSA) is 17.1 Å². The standard InChI is InChI=1S/C8H11ClOSi/c1-11(2,3)7-5-4-6-8(9)10/h4,6H,1-3H3/b6-4-. The van der Waals surface area contributed by atoms with Crippen LogP contribution >= 0.6 is 11.6 Å². The van der Waals surface area contributed by atoms with Crippen molar-refractivity contribution in [3.05, 3.63) is 12.2 Å². The van der Waals surface area contributed by atoms with Crippen molar-refractivity contribution in [1.82, 2.24) is 0 Å². The van der Waals surface area contributed by atoms with E-state index in [2.05, 4.69) is 31.1 Å². The molecule has 0 aromatic carbocycles. The summed E-state index contributed by atoms with van der Waals surface area (Å²) < 4.78 is 0. The van der Waals surface area contributed by atoms with Gasteiger partial charge in [0.25, 0.3) is 0 Å². The Labute approximate surface area is 73.4 Å². The van der Waals surface area contributed by atoms with Gasteiger partial charge in [0.05, 0.1) is 0 Å². The van der Waals surface area contributed by atoms with Crippen LogP contribution < -0.4 is 0 Å². The van der Waals surface area contributed by atoms with Gasteiger partial charge in [-0.05, 0) is 17.7 Å². The Bertz CT molecular complexity index is 227. The van der Waals surface area contributed by atoms with Crippen molar-refractivity contribution in [3.8, 4) is 11.5 Å². The van der Waals surface area contributed by atoms with Gasteiger partial charge < -0.3 is 0 Å². The fraction of sp³-hybridized carbons (Fsp3) is 0.375. The predicted molar refractivity (Wildman–Crippen MR) is 51.1 cm³/mol. The van der Waals surface area contributed by atoms with E-state index in [1.54, 1.807) is 0 Å². The monoisotopic (exact) mass is 186 g/mol. The van der Waals surface area contributed by atoms with Crippen LogP contribution in [0.15, 0.2) is 12.2 Å². The molecule has 0 saturated carbocycles. The summed E-state index contributed by atoms with van der Waals surface area (Å²) in [5.74, 6) is 2.78. The number of allylic oxidation sites excluding steroid dienone is 2. The van der Waals surface area contributed by atoms with E-state index in [1.807, 2.05) is 0 Å². The zero-order valence-corrected chi connectivity index (χ0v) is 8.70. The Morgan fingerprint density at radius 2 is 2.00 bits per heavy atom. The van der Waals surface area contributed by atoms with Crippen LogP contribution in [-0.2, 0) is 4.79 Å². The van der Waals surface area contributed by atoms with E-state index in [4.69, 9.17) is 11.6 Å². The Morgan fingerprint density at radius 3 is 2.36 bits per heavy atom. The van der Waals surface area contributed by atoms with Crippen LogP contribution in [0.25, 0.3) is 0 Å². The summed E-state index contributed by atoms with van der Waals surface area (Å²) >= 11 is 5.05. The lowest BCUT2D eigenvalue weighted by Gasteiger charge is -2.01. The van der Waals surface area contributed by atoms with Gasteiger partial charge in [-0.25, -0.2) is 0 Å². The normalized spacial score (nSPS) is 10.9. The van der Waals surface area contributed by atoms with Crippen LogP contribution in [-0.4, -0.2) is 13.3 Å². The van der Waals surface area contributed by atoms with E-state index in [1.165, 1.54) is 12.2 Å². The molecule has 0 N–H and O–H groups in total. The van der Waals surface area contributed by atoms with Crippen LogP contribution in [0.4, 0.5) is 0 Å². The molecule has 0 amide bonds. The van der Waals surface area contributed by atoms with Crippen molar-refractivity contribution >= 4 is 24.9 Å². The first-order chi connectivity index (χ1) is 4.92. The van der Waals surface area contributed by atoms with Crippen molar-refractivity contribution in [3.63, 3.8) is 0 Å². The summed E-state index contributed by atoms with van der Waals surface area (Å²) in [6, 6.07) is 0. The lowest BCUT2D eigenvalue weighted by molar-refractivity contribution is -0.107. The SMILES string of the molecule is C[Si](C)(C)C#C/C=C\C(=O)Cl. The van der Waals surface area contributed by atoms with Gasteiger partial charge in [-0.1, -0.05) is 25.6 Å². The summed E-state index contributed by atoms with van der Waals surface area (Å²) in [4.78, 5) is 10.2. The highest BCUT2D eigenvalue weighted by atomic mass is 35.5. The Morgan fingerprint density at radius 1 is 1.45 bits per heavy atom. The van der Waals surface area contributed by atoms with Crippen molar-refractivity contribution in [2.75, 3.05) is 0 Å². The van der Waals surface area contributed by atoms with Gasteiger partial charge in [-0.2, -0.15) is 0 Å². The molecule has 0 bridgehead atoms. The molecule has 0 radical (unpaired) electrons. The zero-order valence-electron chi connectivity index (χ0n) is 6.94. The minimum Gasteiger partial charge on any atom is -0.276 e. The van der Waals surface area contributed by atoms with Gasteiger partial charge in [0.2, 0.25) is 5.24 Å². The fourth-order valence-corrected chi connectivity index (χ4v) is 0.945. The van der Waals surface area contributed by atoms with E-state index in [-0.39, 0.29) is 0 Å². The molecule has 1 nitrogen and oxygen atoms in total. The van der Waals surface area contributed by atoms with Crippen molar-refractivity contribution in [1.29, 1.82) is 0 Å². The van der Waals surface area contributed by atoms with Gasteiger partial charge in [0.1, 0.15) is 8.07 Å². The third-order valence-electron chi connectivity index (χ3n) is 0.745. The van der Waals surface area contributed by atoms with Gasteiger partial charge in [0, 0.05) is 6.08 Å². The minimum atomic E-state index is -1.30. The van der Waals surface area contributed by atoms with E-state index >= 15 is 0 Å². The first-order valence-corrected chi connectivity index (χ1v) is 7.18. The van der Waals surface area contributed by atoms with E-state index in [9.17, 15) is 4.79 Å². The van der Waals surface area contributed by atoms with E-state index in [0.717, 1.165) is 0 Å². The number of hydrogen-bond acceptors (Lipinski definition) is 1. The third-order valence-corrected chi connectivity index (χ3v) is 1.77. The molecule has 0 rings (SSSR count). The van der Waals surface area contributed by atoms with Crippen LogP contribution in [0.5, 0.6) is 0 Å². The molecule has 11 heavy (non-hydrogen) atoms. The Hall–Kier alpha value is -0.523. The third kappa shape index (κ3) is 9.48. The number of carbonyl (C=O) groups is 1. The molecule has 0 saturated heterocycles. The Kier molecular flexibility index (Phi) is 4.17. The maximum absolute atomic E-state index is 10.2. The van der Waals surface area contributed by atoms with Gasteiger partial charge in [-0.15, -0.1) is 5.54 Å². The largest absolute Gasteiger partial charge is 0.276 e. The molecule has 0 fully saturated rings. The van der Waals surface area contributed by atoms with Crippen LogP contribution in [0.2, 0.25) is 19.6 Å². The molecule has 3 heteroatoms. The fourth-order valence-electron chi connectivity index (χ4n) is 0.365. The molecule has 0 unspecified atom stereocenters. The molecule has 0 aromatic rings. The average Bonchev–Trinajstić information content (AvgIpc) is 1.78. The summed E-state index contributed by atoms with van der Waals surface area (Å²) in [6.07, 6.45) is 2.75. The van der Waals surface area contributed by atoms with Gasteiger partial charge >= 0.3 is 0 Å². The zero-order chi connectivity index (χ0) is 8.91. The summed E-state index contributed by atoms with van der Waals surface area (Å²) in [6.45, 7) is 6.41. The molecular formula is C8H11ClOSi. The highest BCUT2D eigenvalue weighted by Gasteiger charge is 2.06. The molecule has 0 aliphatic rings. The van der Waals surface area contributed by atoms with Crippen molar-refractivity contribution in [2.24, 2.45) is 0 Å². The van der Waals surface area contributed by atoms with Crippen LogP contribution in [0.3, 0.4) is 0 Å². The van der Waals surface area contributed by atoms with Gasteiger partial charge in [0.15, 0.2) is 0 Å². The maximum atomic E-state index is 10.2. The predicted octanol–water partition coefficient (Wildman–Crippen LogP) is 2.19. The van der Waals surface area contributed by atoms with Crippen molar-refractivity contribution in [2.45, 2.75) is 19.6 Å². The van der Waals surface area contributed by atoms with E-state index < -0.39 is 13.3 Å². The molecular weight excluding hydrogens is 176 g/mol. The second-order valence-electron chi connectivity index (χ2n) is 3.16. The smallest absolute Gasteiger partial charge is 0.245 e. The summed E-state index contributed by atoms with van der Waals surface area (Å²) in [5, 5.41) is -0.477.